The fourth-order valence-corrected chi connectivity index (χ4v) is 2.70. The average molecular weight is 344 g/mol. The minimum absolute atomic E-state index is 0.136. The Kier molecular flexibility index (Phi) is 6.22. The molecule has 0 bridgehead atoms. The van der Waals surface area contributed by atoms with Gasteiger partial charge in [0, 0.05) is 23.5 Å². The van der Waals surface area contributed by atoms with E-state index in [-0.39, 0.29) is 18.4 Å². The molecular formula is C19H24N2O4. The Balaban J connectivity index is 2.04. The number of hydrogen-bond donors (Lipinski definition) is 1. The highest BCUT2D eigenvalue weighted by Crippen LogP contribution is 2.18. The maximum Gasteiger partial charge on any atom is 0.339 e. The summed E-state index contributed by atoms with van der Waals surface area (Å²) in [4.78, 5) is 24.3. The van der Waals surface area contributed by atoms with Crippen molar-refractivity contribution in [2.75, 3.05) is 13.7 Å². The Morgan fingerprint density at radius 2 is 1.92 bits per heavy atom. The van der Waals surface area contributed by atoms with Gasteiger partial charge in [-0.3, -0.25) is 4.79 Å². The third-order valence-corrected chi connectivity index (χ3v) is 4.04. The molecule has 0 spiro atoms. The summed E-state index contributed by atoms with van der Waals surface area (Å²) >= 11 is 0. The van der Waals surface area contributed by atoms with Crippen LogP contribution in [0.1, 0.15) is 34.2 Å². The molecule has 134 valence electrons. The van der Waals surface area contributed by atoms with Gasteiger partial charge in [0.25, 0.3) is 0 Å². The van der Waals surface area contributed by atoms with E-state index in [1.54, 1.807) is 20.1 Å². The SMILES string of the molecule is CCOC(=O)c1cc(C)n(CC(=O)NCc2ccccc2OC)c1C. The summed E-state index contributed by atoms with van der Waals surface area (Å²) in [6, 6.07) is 9.29. The van der Waals surface area contributed by atoms with Crippen LogP contribution in [0.2, 0.25) is 0 Å². The van der Waals surface area contributed by atoms with Crippen LogP contribution in [0.15, 0.2) is 30.3 Å². The van der Waals surface area contributed by atoms with Crippen molar-refractivity contribution in [2.45, 2.75) is 33.9 Å². The third kappa shape index (κ3) is 4.41. The summed E-state index contributed by atoms with van der Waals surface area (Å²) in [5, 5.41) is 2.88. The highest BCUT2D eigenvalue weighted by Gasteiger charge is 2.18. The molecule has 6 nitrogen and oxygen atoms in total. The van der Waals surface area contributed by atoms with Gasteiger partial charge in [0.05, 0.1) is 19.3 Å². The molecule has 0 saturated heterocycles. The minimum atomic E-state index is -0.365. The number of nitrogens with zero attached hydrogens (tertiary/aromatic N) is 1. The van der Waals surface area contributed by atoms with E-state index >= 15 is 0 Å². The molecule has 0 atom stereocenters. The summed E-state index contributed by atoms with van der Waals surface area (Å²) in [5.74, 6) is 0.236. The largest absolute Gasteiger partial charge is 0.496 e. The molecule has 1 aromatic heterocycles. The monoisotopic (exact) mass is 344 g/mol. The van der Waals surface area contributed by atoms with E-state index in [2.05, 4.69) is 5.32 Å². The molecular weight excluding hydrogens is 320 g/mol. The molecule has 1 N–H and O–H groups in total. The lowest BCUT2D eigenvalue weighted by atomic mass is 10.2. The molecule has 0 fully saturated rings. The van der Waals surface area contributed by atoms with Crippen molar-refractivity contribution in [1.29, 1.82) is 0 Å². The van der Waals surface area contributed by atoms with Gasteiger partial charge in [0.1, 0.15) is 12.3 Å². The van der Waals surface area contributed by atoms with Gasteiger partial charge in [-0.25, -0.2) is 4.79 Å². The molecule has 0 aliphatic carbocycles. The first-order chi connectivity index (χ1) is 12.0. The van der Waals surface area contributed by atoms with Crippen molar-refractivity contribution in [1.82, 2.24) is 9.88 Å². The molecule has 25 heavy (non-hydrogen) atoms. The topological polar surface area (TPSA) is 69.6 Å². The van der Waals surface area contributed by atoms with Crippen LogP contribution >= 0.6 is 0 Å². The number of carbonyl (C=O) groups excluding carboxylic acids is 2. The molecule has 2 rings (SSSR count). The zero-order valence-electron chi connectivity index (χ0n) is 15.1. The maximum absolute atomic E-state index is 12.3. The van der Waals surface area contributed by atoms with Crippen LogP contribution in [0.5, 0.6) is 5.75 Å². The first-order valence-electron chi connectivity index (χ1n) is 8.20. The molecule has 1 heterocycles. The van der Waals surface area contributed by atoms with Crippen LogP contribution in [-0.2, 0) is 22.6 Å². The van der Waals surface area contributed by atoms with Crippen LogP contribution in [0.3, 0.4) is 0 Å². The number of hydrogen-bond acceptors (Lipinski definition) is 4. The quantitative estimate of drug-likeness (QED) is 0.784. The molecule has 1 amide bonds. The Morgan fingerprint density at radius 1 is 1.20 bits per heavy atom. The van der Waals surface area contributed by atoms with Gasteiger partial charge in [-0.2, -0.15) is 0 Å². The smallest absolute Gasteiger partial charge is 0.339 e. The number of nitrogens with one attached hydrogen (secondary N) is 1. The number of amides is 1. The second-order valence-corrected chi connectivity index (χ2v) is 5.68. The summed E-state index contributed by atoms with van der Waals surface area (Å²) in [7, 11) is 1.60. The Hall–Kier alpha value is -2.76. The summed E-state index contributed by atoms with van der Waals surface area (Å²) < 4.78 is 12.1. The lowest BCUT2D eigenvalue weighted by Crippen LogP contribution is -2.28. The van der Waals surface area contributed by atoms with Gasteiger partial charge >= 0.3 is 5.97 Å². The lowest BCUT2D eigenvalue weighted by molar-refractivity contribution is -0.121. The number of carbonyl (C=O) groups is 2. The standard InChI is InChI=1S/C19H24N2O4/c1-5-25-19(23)16-10-13(2)21(14(16)3)12-18(22)20-11-15-8-6-7-9-17(15)24-4/h6-10H,5,11-12H2,1-4H3,(H,20,22). The van der Waals surface area contributed by atoms with Crippen molar-refractivity contribution in [3.8, 4) is 5.75 Å². The first kappa shape index (κ1) is 18.6. The number of methoxy groups -OCH3 is 1. The average Bonchev–Trinajstić information content (AvgIpc) is 2.88. The lowest BCUT2D eigenvalue weighted by Gasteiger charge is -2.12. The van der Waals surface area contributed by atoms with Crippen molar-refractivity contribution >= 4 is 11.9 Å². The normalized spacial score (nSPS) is 10.4. The van der Waals surface area contributed by atoms with E-state index in [0.717, 1.165) is 22.7 Å². The number of para-hydroxylation sites is 1. The predicted molar refractivity (Wildman–Crippen MR) is 94.7 cm³/mol. The minimum Gasteiger partial charge on any atom is -0.496 e. The Labute approximate surface area is 147 Å². The van der Waals surface area contributed by atoms with Crippen molar-refractivity contribution < 1.29 is 19.1 Å². The number of rotatable bonds is 7. The second kappa shape index (κ2) is 8.37. The molecule has 2 aromatic rings. The first-order valence-corrected chi connectivity index (χ1v) is 8.20. The Bertz CT molecular complexity index is 765. The van der Waals surface area contributed by atoms with Crippen LogP contribution in [0.4, 0.5) is 0 Å². The molecule has 0 aliphatic rings. The van der Waals surface area contributed by atoms with Gasteiger partial charge in [-0.15, -0.1) is 0 Å². The van der Waals surface area contributed by atoms with Gasteiger partial charge < -0.3 is 19.4 Å². The predicted octanol–water partition coefficient (Wildman–Crippen LogP) is 2.61. The summed E-state index contributed by atoms with van der Waals surface area (Å²) in [5.41, 5.74) is 2.97. The number of aromatic nitrogens is 1. The number of esters is 1. The van der Waals surface area contributed by atoms with Crippen LogP contribution < -0.4 is 10.1 Å². The number of aryl methyl sites for hydroxylation is 1. The molecule has 0 unspecified atom stereocenters. The molecule has 0 radical (unpaired) electrons. The van der Waals surface area contributed by atoms with Gasteiger partial charge in [-0.1, -0.05) is 18.2 Å². The molecule has 6 heteroatoms. The molecule has 0 aliphatic heterocycles. The van der Waals surface area contributed by atoms with Crippen molar-refractivity contribution in [2.24, 2.45) is 0 Å². The second-order valence-electron chi connectivity index (χ2n) is 5.68. The summed E-state index contributed by atoms with van der Waals surface area (Å²) in [6.07, 6.45) is 0. The number of benzene rings is 1. The van der Waals surface area contributed by atoms with Crippen LogP contribution in [0, 0.1) is 13.8 Å². The fourth-order valence-electron chi connectivity index (χ4n) is 2.70. The van der Waals surface area contributed by atoms with E-state index in [1.807, 2.05) is 42.7 Å². The number of ether oxygens (including phenoxy) is 2. The molecule has 1 aromatic carbocycles. The van der Waals surface area contributed by atoms with E-state index in [0.29, 0.717) is 18.7 Å². The third-order valence-electron chi connectivity index (χ3n) is 4.04. The van der Waals surface area contributed by atoms with E-state index in [4.69, 9.17) is 9.47 Å². The maximum atomic E-state index is 12.3. The molecule has 0 saturated carbocycles. The van der Waals surface area contributed by atoms with Crippen LogP contribution in [0.25, 0.3) is 0 Å². The van der Waals surface area contributed by atoms with Crippen molar-refractivity contribution in [3.63, 3.8) is 0 Å². The van der Waals surface area contributed by atoms with E-state index < -0.39 is 0 Å². The van der Waals surface area contributed by atoms with E-state index in [1.165, 1.54) is 0 Å². The van der Waals surface area contributed by atoms with Gasteiger partial charge in [-0.05, 0) is 32.9 Å². The fraction of sp³-hybridized carbons (Fsp3) is 0.368. The van der Waals surface area contributed by atoms with E-state index in [9.17, 15) is 9.59 Å². The highest BCUT2D eigenvalue weighted by molar-refractivity contribution is 5.91. The van der Waals surface area contributed by atoms with Gasteiger partial charge in [0.15, 0.2) is 0 Å². The zero-order valence-corrected chi connectivity index (χ0v) is 15.1. The van der Waals surface area contributed by atoms with Crippen molar-refractivity contribution in [3.05, 3.63) is 52.8 Å². The zero-order chi connectivity index (χ0) is 18.4. The van der Waals surface area contributed by atoms with Crippen LogP contribution in [-0.4, -0.2) is 30.2 Å². The van der Waals surface area contributed by atoms with Gasteiger partial charge in [0.2, 0.25) is 5.91 Å². The Morgan fingerprint density at radius 3 is 2.60 bits per heavy atom. The summed E-state index contributed by atoms with van der Waals surface area (Å²) in [6.45, 7) is 6.29. The highest BCUT2D eigenvalue weighted by atomic mass is 16.5.